The van der Waals surface area contributed by atoms with Crippen LogP contribution in [0.25, 0.3) is 0 Å². The van der Waals surface area contributed by atoms with Crippen LogP contribution < -0.4 is 4.74 Å². The summed E-state index contributed by atoms with van der Waals surface area (Å²) in [5.74, 6) is -2.35. The molecule has 1 aliphatic rings. The van der Waals surface area contributed by atoms with E-state index in [1.807, 2.05) is 13.8 Å². The summed E-state index contributed by atoms with van der Waals surface area (Å²) in [6.45, 7) is 7.33. The van der Waals surface area contributed by atoms with Crippen LogP contribution in [-0.4, -0.2) is 24.0 Å². The van der Waals surface area contributed by atoms with E-state index in [4.69, 9.17) is 4.74 Å². The Balaban J connectivity index is 2.35. The van der Waals surface area contributed by atoms with Gasteiger partial charge in [0.2, 0.25) is 0 Å². The third-order valence-corrected chi connectivity index (χ3v) is 4.69. The highest BCUT2D eigenvalue weighted by Gasteiger charge is 2.33. The van der Waals surface area contributed by atoms with Gasteiger partial charge in [0.05, 0.1) is 12.5 Å². The zero-order valence-electron chi connectivity index (χ0n) is 14.6. The minimum atomic E-state index is -0.953. The first-order valence-corrected chi connectivity index (χ1v) is 8.20. The summed E-state index contributed by atoms with van der Waals surface area (Å²) in [4.78, 5) is 36.0. The second-order valence-electron chi connectivity index (χ2n) is 6.93. The normalized spacial score (nSPS) is 16.7. The fraction of sp³-hybridized carbons (Fsp3) is 0.526. The van der Waals surface area contributed by atoms with Crippen molar-refractivity contribution in [2.24, 2.45) is 5.92 Å². The number of carbonyl (C=O) groups excluding carboxylic acids is 3. The van der Waals surface area contributed by atoms with Crippen LogP contribution in [0, 0.1) is 11.7 Å². The van der Waals surface area contributed by atoms with E-state index in [9.17, 15) is 18.8 Å². The van der Waals surface area contributed by atoms with Gasteiger partial charge in [-0.15, -0.1) is 0 Å². The molecule has 0 N–H and O–H groups in total. The molecule has 0 amide bonds. The number of halogens is 1. The van der Waals surface area contributed by atoms with Crippen molar-refractivity contribution < 1.29 is 23.5 Å². The van der Waals surface area contributed by atoms with Gasteiger partial charge in [0, 0.05) is 24.0 Å². The number of ether oxygens (including phenoxy) is 1. The second-order valence-corrected chi connectivity index (χ2v) is 6.93. The van der Waals surface area contributed by atoms with E-state index in [2.05, 4.69) is 0 Å². The fourth-order valence-corrected chi connectivity index (χ4v) is 2.98. The van der Waals surface area contributed by atoms with Gasteiger partial charge in [-0.1, -0.05) is 20.8 Å². The predicted molar refractivity (Wildman–Crippen MR) is 88.0 cm³/mol. The zero-order valence-corrected chi connectivity index (χ0v) is 14.6. The maximum absolute atomic E-state index is 14.3. The molecule has 0 saturated heterocycles. The van der Waals surface area contributed by atoms with Gasteiger partial charge < -0.3 is 4.74 Å². The Kier molecular flexibility index (Phi) is 5.21. The summed E-state index contributed by atoms with van der Waals surface area (Å²) < 4.78 is 19.8. The van der Waals surface area contributed by atoms with Crippen molar-refractivity contribution in [3.05, 3.63) is 29.1 Å². The summed E-state index contributed by atoms with van der Waals surface area (Å²) in [5.41, 5.74) is 0.530. The number of fused-ring (bicyclic) bond motifs is 1. The molecule has 24 heavy (non-hydrogen) atoms. The third kappa shape index (κ3) is 3.55. The first-order chi connectivity index (χ1) is 11.2. The molecule has 1 heterocycles. The van der Waals surface area contributed by atoms with Gasteiger partial charge in [-0.2, -0.15) is 0 Å². The van der Waals surface area contributed by atoms with Crippen LogP contribution in [0.3, 0.4) is 0 Å². The Hall–Kier alpha value is -2.04. The summed E-state index contributed by atoms with van der Waals surface area (Å²) >= 11 is 0. The molecule has 1 aliphatic heterocycles. The van der Waals surface area contributed by atoms with E-state index in [1.165, 1.54) is 6.92 Å². The molecule has 1 aromatic rings. The predicted octanol–water partition coefficient (Wildman–Crippen LogP) is 3.64. The smallest absolute Gasteiger partial charge is 0.166 e. The lowest BCUT2D eigenvalue weighted by Gasteiger charge is -2.33. The first-order valence-electron chi connectivity index (χ1n) is 8.20. The Morgan fingerprint density at radius 3 is 2.54 bits per heavy atom. The molecule has 0 bridgehead atoms. The molecule has 1 aromatic carbocycles. The van der Waals surface area contributed by atoms with Gasteiger partial charge in [0.1, 0.15) is 11.6 Å². The standard InChI is InChI=1S/C19H23FO4/c1-5-16(22)13(11(2)21)10-17(23)12-8-14-18(15(20)9-12)24-7-6-19(14,3)4/h8-9,13H,5-7,10H2,1-4H3. The Bertz CT molecular complexity index is 691. The van der Waals surface area contributed by atoms with Crippen LogP contribution in [-0.2, 0) is 15.0 Å². The lowest BCUT2D eigenvalue weighted by Crippen LogP contribution is -2.28. The highest BCUT2D eigenvalue weighted by Crippen LogP contribution is 2.40. The number of benzene rings is 1. The van der Waals surface area contributed by atoms with Gasteiger partial charge >= 0.3 is 0 Å². The monoisotopic (exact) mass is 334 g/mol. The van der Waals surface area contributed by atoms with E-state index in [0.29, 0.717) is 12.2 Å². The van der Waals surface area contributed by atoms with E-state index in [-0.39, 0.29) is 41.1 Å². The zero-order chi connectivity index (χ0) is 18.1. The van der Waals surface area contributed by atoms with Crippen molar-refractivity contribution >= 4 is 17.3 Å². The molecular weight excluding hydrogens is 311 g/mol. The maximum Gasteiger partial charge on any atom is 0.166 e. The molecule has 1 unspecified atom stereocenters. The van der Waals surface area contributed by atoms with Crippen LogP contribution >= 0.6 is 0 Å². The average molecular weight is 334 g/mol. The molecule has 4 nitrogen and oxygen atoms in total. The lowest BCUT2D eigenvalue weighted by atomic mass is 9.78. The SMILES string of the molecule is CCC(=O)C(CC(=O)c1cc(F)c2c(c1)C(C)(C)CCO2)C(C)=O. The number of ketones is 3. The molecule has 130 valence electrons. The molecule has 0 aromatic heterocycles. The van der Waals surface area contributed by atoms with Crippen molar-refractivity contribution in [1.29, 1.82) is 0 Å². The van der Waals surface area contributed by atoms with Crippen LogP contribution in [0.1, 0.15) is 62.9 Å². The van der Waals surface area contributed by atoms with Crippen LogP contribution in [0.4, 0.5) is 4.39 Å². The average Bonchev–Trinajstić information content (AvgIpc) is 2.51. The largest absolute Gasteiger partial charge is 0.490 e. The number of Topliss-reactive ketones (excluding diaryl/α,β-unsaturated/α-hetero) is 3. The van der Waals surface area contributed by atoms with Crippen molar-refractivity contribution in [1.82, 2.24) is 0 Å². The Labute approximate surface area is 141 Å². The van der Waals surface area contributed by atoms with E-state index >= 15 is 0 Å². The van der Waals surface area contributed by atoms with Crippen molar-refractivity contribution in [2.45, 2.75) is 52.4 Å². The number of hydrogen-bond acceptors (Lipinski definition) is 4. The summed E-state index contributed by atoms with van der Waals surface area (Å²) in [6.07, 6.45) is 0.694. The molecule has 0 spiro atoms. The molecule has 5 heteroatoms. The van der Waals surface area contributed by atoms with E-state index in [1.54, 1.807) is 13.0 Å². The first kappa shape index (κ1) is 18.3. The van der Waals surface area contributed by atoms with Crippen LogP contribution in [0.2, 0.25) is 0 Å². The van der Waals surface area contributed by atoms with Gasteiger partial charge in [0.25, 0.3) is 0 Å². The molecule has 0 fully saturated rings. The van der Waals surface area contributed by atoms with Gasteiger partial charge in [0.15, 0.2) is 17.3 Å². The van der Waals surface area contributed by atoms with E-state index < -0.39 is 17.5 Å². The number of carbonyl (C=O) groups is 3. The summed E-state index contributed by atoms with van der Waals surface area (Å²) in [6, 6.07) is 2.77. The fourth-order valence-electron chi connectivity index (χ4n) is 2.98. The third-order valence-electron chi connectivity index (χ3n) is 4.69. The number of hydrogen-bond donors (Lipinski definition) is 0. The Morgan fingerprint density at radius 1 is 1.29 bits per heavy atom. The summed E-state index contributed by atoms with van der Waals surface area (Å²) in [7, 11) is 0. The van der Waals surface area contributed by atoms with Gasteiger partial charge in [-0.05, 0) is 30.9 Å². The highest BCUT2D eigenvalue weighted by atomic mass is 19.1. The van der Waals surface area contributed by atoms with E-state index in [0.717, 1.165) is 12.5 Å². The summed E-state index contributed by atoms with van der Waals surface area (Å²) in [5, 5.41) is 0. The second kappa shape index (κ2) is 6.83. The molecule has 0 aliphatic carbocycles. The van der Waals surface area contributed by atoms with Crippen LogP contribution in [0.5, 0.6) is 5.75 Å². The molecule has 1 atom stereocenters. The minimum absolute atomic E-state index is 0.181. The molecule has 2 rings (SSSR count). The topological polar surface area (TPSA) is 60.4 Å². The number of rotatable bonds is 6. The van der Waals surface area contributed by atoms with Crippen molar-refractivity contribution in [3.63, 3.8) is 0 Å². The lowest BCUT2D eigenvalue weighted by molar-refractivity contribution is -0.131. The van der Waals surface area contributed by atoms with Crippen molar-refractivity contribution in [3.8, 4) is 5.75 Å². The van der Waals surface area contributed by atoms with Crippen molar-refractivity contribution in [2.75, 3.05) is 6.61 Å². The Morgan fingerprint density at radius 2 is 1.96 bits per heavy atom. The molecule has 0 radical (unpaired) electrons. The molecular formula is C19H23FO4. The van der Waals surface area contributed by atoms with Gasteiger partial charge in [-0.25, -0.2) is 4.39 Å². The maximum atomic E-state index is 14.3. The van der Waals surface area contributed by atoms with Crippen LogP contribution in [0.15, 0.2) is 12.1 Å². The minimum Gasteiger partial charge on any atom is -0.490 e. The molecule has 0 saturated carbocycles. The quantitative estimate of drug-likeness (QED) is 0.588. The highest BCUT2D eigenvalue weighted by molar-refractivity contribution is 6.07. The van der Waals surface area contributed by atoms with Gasteiger partial charge in [-0.3, -0.25) is 14.4 Å².